The molecule has 4 heteroatoms. The summed E-state index contributed by atoms with van der Waals surface area (Å²) >= 11 is 0. The van der Waals surface area contributed by atoms with Gasteiger partial charge in [-0.05, 0) is 41.0 Å². The van der Waals surface area contributed by atoms with Crippen molar-refractivity contribution in [3.63, 3.8) is 0 Å². The van der Waals surface area contributed by atoms with E-state index in [1.165, 1.54) is 22.0 Å². The summed E-state index contributed by atoms with van der Waals surface area (Å²) in [5.74, 6) is 0.556. The third kappa shape index (κ3) is 2.88. The Morgan fingerprint density at radius 1 is 0.913 bits per heavy atom. The summed E-state index contributed by atoms with van der Waals surface area (Å²) < 4.78 is 0. The van der Waals surface area contributed by atoms with Crippen LogP contribution < -0.4 is 10.6 Å². The number of anilines is 1. The molecule has 3 aromatic rings. The lowest BCUT2D eigenvalue weighted by atomic mass is 10.1. The molecule has 23 heavy (non-hydrogen) atoms. The molecule has 116 valence electrons. The molecule has 3 aromatic carbocycles. The second-order valence-corrected chi connectivity index (χ2v) is 5.53. The number of nitrogens with zero attached hydrogens (tertiary/aromatic N) is 2. The predicted octanol–water partition coefficient (Wildman–Crippen LogP) is 4.27. The van der Waals surface area contributed by atoms with Crippen molar-refractivity contribution >= 4 is 40.5 Å². The number of aliphatic imine (C=N–C) groups is 1. The number of para-hydroxylation sites is 1. The molecule has 0 bridgehead atoms. The van der Waals surface area contributed by atoms with E-state index >= 15 is 0 Å². The summed E-state index contributed by atoms with van der Waals surface area (Å²) in [6, 6.07) is 22.8. The molecule has 1 aliphatic heterocycles. The van der Waals surface area contributed by atoms with Gasteiger partial charge in [0.2, 0.25) is 5.96 Å². The van der Waals surface area contributed by atoms with E-state index in [1.807, 2.05) is 24.3 Å². The van der Waals surface area contributed by atoms with Gasteiger partial charge in [0.05, 0.1) is 5.69 Å². The van der Waals surface area contributed by atoms with Crippen molar-refractivity contribution in [1.82, 2.24) is 0 Å². The maximum absolute atomic E-state index is 6.25. The van der Waals surface area contributed by atoms with Crippen molar-refractivity contribution < 1.29 is 0 Å². The topological polar surface area (TPSA) is 41.6 Å². The molecule has 0 aromatic heterocycles. The molecule has 0 saturated carbocycles. The molecule has 1 heterocycles. The van der Waals surface area contributed by atoms with Gasteiger partial charge in [0, 0.05) is 12.2 Å². The maximum Gasteiger partial charge on any atom is 0.201 e. The van der Waals surface area contributed by atoms with Crippen LogP contribution in [0.3, 0.4) is 0 Å². The third-order valence-corrected chi connectivity index (χ3v) is 4.14. The van der Waals surface area contributed by atoms with E-state index in [0.717, 1.165) is 18.7 Å². The number of nitrogens with two attached hydrogens (primary N) is 1. The van der Waals surface area contributed by atoms with Crippen LogP contribution in [0, 0.1) is 0 Å². The van der Waals surface area contributed by atoms with Gasteiger partial charge in [0.15, 0.2) is 0 Å². The van der Waals surface area contributed by atoms with Crippen LogP contribution in [-0.4, -0.2) is 12.5 Å². The fourth-order valence-corrected chi connectivity index (χ4v) is 3.02. The van der Waals surface area contributed by atoms with E-state index in [9.17, 15) is 0 Å². The number of hydrogen-bond acceptors (Lipinski definition) is 1. The first-order chi connectivity index (χ1) is 10.8. The van der Waals surface area contributed by atoms with Crippen LogP contribution in [0.4, 0.5) is 11.4 Å². The summed E-state index contributed by atoms with van der Waals surface area (Å²) in [6.07, 6.45) is 1.02. The van der Waals surface area contributed by atoms with Crippen LogP contribution in [0.2, 0.25) is 0 Å². The monoisotopic (exact) mass is 323 g/mol. The lowest BCUT2D eigenvalue weighted by Crippen LogP contribution is -2.35. The molecule has 0 radical (unpaired) electrons. The fourth-order valence-electron chi connectivity index (χ4n) is 3.02. The highest BCUT2D eigenvalue weighted by Crippen LogP contribution is 2.28. The van der Waals surface area contributed by atoms with Gasteiger partial charge in [-0.25, -0.2) is 4.99 Å². The van der Waals surface area contributed by atoms with Gasteiger partial charge in [-0.2, -0.15) is 0 Å². The van der Waals surface area contributed by atoms with Crippen molar-refractivity contribution in [3.05, 3.63) is 72.3 Å². The molecular weight excluding hydrogens is 306 g/mol. The zero-order valence-corrected chi connectivity index (χ0v) is 13.5. The van der Waals surface area contributed by atoms with Crippen LogP contribution in [0.1, 0.15) is 5.56 Å². The Morgan fingerprint density at radius 2 is 1.65 bits per heavy atom. The van der Waals surface area contributed by atoms with Crippen LogP contribution in [-0.2, 0) is 6.42 Å². The minimum Gasteiger partial charge on any atom is -0.369 e. The van der Waals surface area contributed by atoms with Gasteiger partial charge >= 0.3 is 0 Å². The highest BCUT2D eigenvalue weighted by atomic mass is 35.5. The standard InChI is InChI=1S/C19H17N3.ClH/c20-19(22-12-11-15-6-3-4-8-18(15)22)21-17-10-9-14-5-1-2-7-16(14)13-17;/h1-10,13H,11-12H2,(H2,20,21);1H. The Balaban J connectivity index is 0.00000156. The van der Waals surface area contributed by atoms with Crippen molar-refractivity contribution in [2.24, 2.45) is 10.7 Å². The molecule has 2 N–H and O–H groups in total. The van der Waals surface area contributed by atoms with Gasteiger partial charge in [-0.3, -0.25) is 0 Å². The van der Waals surface area contributed by atoms with Gasteiger partial charge in [-0.15, -0.1) is 12.4 Å². The van der Waals surface area contributed by atoms with Crippen LogP contribution in [0.5, 0.6) is 0 Å². The van der Waals surface area contributed by atoms with E-state index < -0.39 is 0 Å². The molecule has 1 aliphatic rings. The molecule has 0 amide bonds. The van der Waals surface area contributed by atoms with Gasteiger partial charge < -0.3 is 10.6 Å². The molecule has 0 unspecified atom stereocenters. The Bertz CT molecular complexity index is 873. The summed E-state index contributed by atoms with van der Waals surface area (Å²) in [6.45, 7) is 0.891. The highest BCUT2D eigenvalue weighted by molar-refractivity contribution is 5.98. The molecule has 0 spiro atoms. The normalized spacial score (nSPS) is 13.7. The molecular formula is C19H18ClN3. The molecule has 3 nitrogen and oxygen atoms in total. The number of benzene rings is 3. The zero-order chi connectivity index (χ0) is 14.9. The number of fused-ring (bicyclic) bond motifs is 2. The van der Waals surface area contributed by atoms with E-state index in [0.29, 0.717) is 5.96 Å². The number of halogens is 1. The second-order valence-electron chi connectivity index (χ2n) is 5.53. The minimum absolute atomic E-state index is 0. The molecule has 0 fully saturated rings. The first-order valence-electron chi connectivity index (χ1n) is 7.50. The van der Waals surface area contributed by atoms with Crippen molar-refractivity contribution in [2.45, 2.75) is 6.42 Å². The van der Waals surface area contributed by atoms with E-state index in [1.54, 1.807) is 0 Å². The fraction of sp³-hybridized carbons (Fsp3) is 0.105. The number of hydrogen-bond donors (Lipinski definition) is 1. The average molecular weight is 324 g/mol. The highest BCUT2D eigenvalue weighted by Gasteiger charge is 2.20. The van der Waals surface area contributed by atoms with E-state index in [2.05, 4.69) is 52.4 Å². The third-order valence-electron chi connectivity index (χ3n) is 4.14. The predicted molar refractivity (Wildman–Crippen MR) is 100.0 cm³/mol. The van der Waals surface area contributed by atoms with Gasteiger partial charge in [-0.1, -0.05) is 48.5 Å². The average Bonchev–Trinajstić information content (AvgIpc) is 2.99. The molecule has 0 saturated heterocycles. The van der Waals surface area contributed by atoms with Gasteiger partial charge in [0.1, 0.15) is 0 Å². The Hall–Kier alpha value is -2.52. The quantitative estimate of drug-likeness (QED) is 0.536. The number of rotatable bonds is 1. The lowest BCUT2D eigenvalue weighted by Gasteiger charge is -2.18. The Kier molecular flexibility index (Phi) is 4.22. The van der Waals surface area contributed by atoms with Gasteiger partial charge in [0.25, 0.3) is 0 Å². The first-order valence-corrected chi connectivity index (χ1v) is 7.50. The lowest BCUT2D eigenvalue weighted by molar-refractivity contribution is 1.01. The summed E-state index contributed by atoms with van der Waals surface area (Å²) in [4.78, 5) is 6.70. The number of guanidine groups is 1. The first kappa shape index (κ1) is 15.4. The smallest absolute Gasteiger partial charge is 0.201 e. The Labute approximate surface area is 141 Å². The second kappa shape index (κ2) is 6.31. The van der Waals surface area contributed by atoms with Crippen LogP contribution in [0.25, 0.3) is 10.8 Å². The summed E-state index contributed by atoms with van der Waals surface area (Å²) in [5.41, 5.74) is 9.64. The molecule has 0 atom stereocenters. The van der Waals surface area contributed by atoms with E-state index in [4.69, 9.17) is 5.73 Å². The largest absolute Gasteiger partial charge is 0.369 e. The van der Waals surface area contributed by atoms with Crippen molar-refractivity contribution in [2.75, 3.05) is 11.4 Å². The van der Waals surface area contributed by atoms with Crippen LogP contribution >= 0.6 is 12.4 Å². The summed E-state index contributed by atoms with van der Waals surface area (Å²) in [7, 11) is 0. The Morgan fingerprint density at radius 3 is 2.52 bits per heavy atom. The summed E-state index contributed by atoms with van der Waals surface area (Å²) in [5, 5.41) is 2.39. The molecule has 4 rings (SSSR count). The molecule has 0 aliphatic carbocycles. The van der Waals surface area contributed by atoms with Crippen molar-refractivity contribution in [1.29, 1.82) is 0 Å². The van der Waals surface area contributed by atoms with E-state index in [-0.39, 0.29) is 12.4 Å². The maximum atomic E-state index is 6.25. The van der Waals surface area contributed by atoms with Crippen molar-refractivity contribution in [3.8, 4) is 0 Å². The zero-order valence-electron chi connectivity index (χ0n) is 12.6. The SMILES string of the molecule is Cl.NC(=Nc1ccc2ccccc2c1)N1CCc2ccccc21. The van der Waals surface area contributed by atoms with Crippen LogP contribution in [0.15, 0.2) is 71.7 Å². The minimum atomic E-state index is 0.